The van der Waals surface area contributed by atoms with Crippen LogP contribution in [0.5, 0.6) is 0 Å². The van der Waals surface area contributed by atoms with Gasteiger partial charge in [0.2, 0.25) is 5.95 Å². The van der Waals surface area contributed by atoms with E-state index in [1.807, 2.05) is 6.26 Å². The molecule has 88 valence electrons. The molecule has 0 aliphatic carbocycles. The van der Waals surface area contributed by atoms with Crippen LogP contribution in [0.15, 0.2) is 23.4 Å². The average molecular weight is 271 g/mol. The Labute approximate surface area is 106 Å². The Morgan fingerprint density at radius 3 is 2.71 bits per heavy atom. The molecule has 2 rings (SSSR count). The summed E-state index contributed by atoms with van der Waals surface area (Å²) in [4.78, 5) is 12.1. The van der Waals surface area contributed by atoms with E-state index in [9.17, 15) is 4.39 Å². The van der Waals surface area contributed by atoms with Gasteiger partial charge in [0, 0.05) is 5.56 Å². The SMILES string of the molecule is CSc1nc(N)nc(-c2ccc(F)c(Cl)c2)n1. The van der Waals surface area contributed by atoms with Crippen molar-refractivity contribution in [3.63, 3.8) is 0 Å². The molecule has 0 bridgehead atoms. The summed E-state index contributed by atoms with van der Waals surface area (Å²) in [7, 11) is 0. The van der Waals surface area contributed by atoms with Gasteiger partial charge in [0.05, 0.1) is 5.02 Å². The quantitative estimate of drug-likeness (QED) is 0.850. The third kappa shape index (κ3) is 2.65. The molecule has 1 heterocycles. The molecular formula is C10H8ClFN4S. The zero-order chi connectivity index (χ0) is 12.4. The van der Waals surface area contributed by atoms with E-state index in [2.05, 4.69) is 15.0 Å². The predicted octanol–water partition coefficient (Wildman–Crippen LogP) is 2.64. The van der Waals surface area contributed by atoms with Crippen molar-refractivity contribution in [1.82, 2.24) is 15.0 Å². The maximum absolute atomic E-state index is 13.0. The number of nitrogens with zero attached hydrogens (tertiary/aromatic N) is 3. The zero-order valence-electron chi connectivity index (χ0n) is 8.82. The van der Waals surface area contributed by atoms with Gasteiger partial charge in [0.1, 0.15) is 5.82 Å². The highest BCUT2D eigenvalue weighted by molar-refractivity contribution is 7.98. The summed E-state index contributed by atoms with van der Waals surface area (Å²) in [6.45, 7) is 0. The number of benzene rings is 1. The number of aromatic nitrogens is 3. The Kier molecular flexibility index (Phi) is 3.44. The number of thioether (sulfide) groups is 1. The van der Waals surface area contributed by atoms with Crippen LogP contribution in [0.25, 0.3) is 11.4 Å². The number of nitrogens with two attached hydrogens (primary N) is 1. The fraction of sp³-hybridized carbons (Fsp3) is 0.100. The van der Waals surface area contributed by atoms with E-state index in [0.29, 0.717) is 16.5 Å². The average Bonchev–Trinajstić information content (AvgIpc) is 2.32. The molecule has 4 nitrogen and oxygen atoms in total. The smallest absolute Gasteiger partial charge is 0.224 e. The maximum Gasteiger partial charge on any atom is 0.224 e. The van der Waals surface area contributed by atoms with Crippen LogP contribution >= 0.6 is 23.4 Å². The van der Waals surface area contributed by atoms with E-state index in [1.165, 1.54) is 23.9 Å². The predicted molar refractivity (Wildman–Crippen MR) is 66.4 cm³/mol. The van der Waals surface area contributed by atoms with Crippen molar-refractivity contribution in [2.75, 3.05) is 12.0 Å². The second kappa shape index (κ2) is 4.85. The van der Waals surface area contributed by atoms with Crippen molar-refractivity contribution in [3.05, 3.63) is 29.0 Å². The van der Waals surface area contributed by atoms with Crippen LogP contribution in [-0.4, -0.2) is 21.2 Å². The van der Waals surface area contributed by atoms with Crippen LogP contribution < -0.4 is 5.73 Å². The van der Waals surface area contributed by atoms with Crippen molar-refractivity contribution in [1.29, 1.82) is 0 Å². The number of rotatable bonds is 2. The first-order chi connectivity index (χ1) is 8.10. The third-order valence-electron chi connectivity index (χ3n) is 1.99. The van der Waals surface area contributed by atoms with Crippen molar-refractivity contribution in [3.8, 4) is 11.4 Å². The summed E-state index contributed by atoms with van der Waals surface area (Å²) in [5.74, 6) is 0.0195. The van der Waals surface area contributed by atoms with Gasteiger partial charge < -0.3 is 5.73 Å². The molecule has 0 aliphatic rings. The summed E-state index contributed by atoms with van der Waals surface area (Å²) < 4.78 is 13.0. The van der Waals surface area contributed by atoms with Crippen LogP contribution in [0.3, 0.4) is 0 Å². The molecule has 2 N–H and O–H groups in total. The molecule has 0 spiro atoms. The topological polar surface area (TPSA) is 64.7 Å². The van der Waals surface area contributed by atoms with E-state index >= 15 is 0 Å². The summed E-state index contributed by atoms with van der Waals surface area (Å²) in [6.07, 6.45) is 1.83. The zero-order valence-corrected chi connectivity index (χ0v) is 10.4. The van der Waals surface area contributed by atoms with Crippen molar-refractivity contribution >= 4 is 29.3 Å². The van der Waals surface area contributed by atoms with E-state index < -0.39 is 5.82 Å². The first-order valence-corrected chi connectivity index (χ1v) is 6.21. The van der Waals surface area contributed by atoms with Gasteiger partial charge in [-0.25, -0.2) is 9.37 Å². The normalized spacial score (nSPS) is 10.5. The van der Waals surface area contributed by atoms with E-state index in [-0.39, 0.29) is 11.0 Å². The van der Waals surface area contributed by atoms with Gasteiger partial charge in [0.15, 0.2) is 11.0 Å². The monoisotopic (exact) mass is 270 g/mol. The fourth-order valence-corrected chi connectivity index (χ4v) is 1.77. The first kappa shape index (κ1) is 12.1. The summed E-state index contributed by atoms with van der Waals surface area (Å²) in [5, 5.41) is 0.528. The van der Waals surface area contributed by atoms with Crippen LogP contribution in [0.4, 0.5) is 10.3 Å². The molecule has 0 aliphatic heterocycles. The number of anilines is 1. The highest BCUT2D eigenvalue weighted by Crippen LogP contribution is 2.23. The highest BCUT2D eigenvalue weighted by atomic mass is 35.5. The second-order valence-electron chi connectivity index (χ2n) is 3.13. The first-order valence-electron chi connectivity index (χ1n) is 4.61. The van der Waals surface area contributed by atoms with Crippen LogP contribution in [0.2, 0.25) is 5.02 Å². The van der Waals surface area contributed by atoms with Crippen molar-refractivity contribution < 1.29 is 4.39 Å². The molecular weight excluding hydrogens is 263 g/mol. The number of halogens is 2. The molecule has 0 fully saturated rings. The lowest BCUT2D eigenvalue weighted by Gasteiger charge is -2.03. The lowest BCUT2D eigenvalue weighted by atomic mass is 10.2. The summed E-state index contributed by atoms with van der Waals surface area (Å²) in [6, 6.07) is 4.26. The van der Waals surface area contributed by atoms with Crippen LogP contribution in [0, 0.1) is 5.82 Å². The Morgan fingerprint density at radius 2 is 2.06 bits per heavy atom. The third-order valence-corrected chi connectivity index (χ3v) is 2.83. The maximum atomic E-state index is 13.0. The minimum Gasteiger partial charge on any atom is -0.368 e. The molecule has 0 radical (unpaired) electrons. The van der Waals surface area contributed by atoms with E-state index in [4.69, 9.17) is 17.3 Å². The van der Waals surface area contributed by atoms with Gasteiger partial charge in [-0.05, 0) is 24.5 Å². The minimum absolute atomic E-state index is 0.0205. The molecule has 0 atom stereocenters. The second-order valence-corrected chi connectivity index (χ2v) is 4.31. The molecule has 0 saturated carbocycles. The van der Waals surface area contributed by atoms with Gasteiger partial charge in [-0.2, -0.15) is 9.97 Å². The molecule has 0 unspecified atom stereocenters. The van der Waals surface area contributed by atoms with Gasteiger partial charge in [0.25, 0.3) is 0 Å². The van der Waals surface area contributed by atoms with Crippen LogP contribution in [0.1, 0.15) is 0 Å². The van der Waals surface area contributed by atoms with Gasteiger partial charge in [-0.15, -0.1) is 0 Å². The molecule has 0 amide bonds. The van der Waals surface area contributed by atoms with Crippen molar-refractivity contribution in [2.24, 2.45) is 0 Å². The Bertz CT molecular complexity index is 564. The molecule has 0 saturated heterocycles. The van der Waals surface area contributed by atoms with E-state index in [0.717, 1.165) is 0 Å². The summed E-state index contributed by atoms with van der Waals surface area (Å²) >= 11 is 7.04. The largest absolute Gasteiger partial charge is 0.368 e. The van der Waals surface area contributed by atoms with Crippen LogP contribution in [-0.2, 0) is 0 Å². The highest BCUT2D eigenvalue weighted by Gasteiger charge is 2.08. The number of nitrogen functional groups attached to an aromatic ring is 1. The molecule has 2 aromatic rings. The van der Waals surface area contributed by atoms with Gasteiger partial charge in [-0.1, -0.05) is 23.4 Å². The van der Waals surface area contributed by atoms with Gasteiger partial charge >= 0.3 is 0 Å². The number of hydrogen-bond acceptors (Lipinski definition) is 5. The van der Waals surface area contributed by atoms with Gasteiger partial charge in [-0.3, -0.25) is 0 Å². The molecule has 1 aromatic heterocycles. The summed E-state index contributed by atoms with van der Waals surface area (Å²) in [5.41, 5.74) is 6.16. The minimum atomic E-state index is -0.484. The Hall–Kier alpha value is -1.40. The lowest BCUT2D eigenvalue weighted by molar-refractivity contribution is 0.628. The van der Waals surface area contributed by atoms with E-state index in [1.54, 1.807) is 6.07 Å². The Morgan fingerprint density at radius 1 is 1.29 bits per heavy atom. The molecule has 7 heteroatoms. The van der Waals surface area contributed by atoms with Crippen molar-refractivity contribution in [2.45, 2.75) is 5.16 Å². The fourth-order valence-electron chi connectivity index (χ4n) is 1.23. The standard InChI is InChI=1S/C10H8ClFN4S/c1-17-10-15-8(14-9(13)16-10)5-2-3-7(12)6(11)4-5/h2-4H,1H3,(H2,13,14,15,16). The molecule has 17 heavy (non-hydrogen) atoms. The number of hydrogen-bond donors (Lipinski definition) is 1. The Balaban J connectivity index is 2.52. The lowest BCUT2D eigenvalue weighted by Crippen LogP contribution is -2.01. The molecule has 1 aromatic carbocycles.